The molecule has 4 heteroatoms. The van der Waals surface area contributed by atoms with Crippen LogP contribution in [0, 0.1) is 0 Å². The third kappa shape index (κ3) is 2.35. The molecule has 0 aliphatic carbocycles. The fraction of sp³-hybridized carbons (Fsp3) is 0.875. The normalized spacial score (nSPS) is 26.9. The number of carbonyl (C=O) groups is 1. The molecular weight excluding hydrogens is 176 g/mol. The zero-order valence-electron chi connectivity index (χ0n) is 7.29. The third-order valence-corrected chi connectivity index (χ3v) is 2.30. The maximum absolute atomic E-state index is 11.4. The predicted molar refractivity (Wildman–Crippen MR) is 49.1 cm³/mol. The van der Waals surface area contributed by atoms with Crippen molar-refractivity contribution in [3.05, 3.63) is 0 Å². The van der Waals surface area contributed by atoms with E-state index in [9.17, 15) is 4.79 Å². The van der Waals surface area contributed by atoms with Gasteiger partial charge in [0, 0.05) is 19.1 Å². The van der Waals surface area contributed by atoms with Crippen molar-refractivity contribution >= 4 is 17.5 Å². The van der Waals surface area contributed by atoms with Gasteiger partial charge in [-0.05, 0) is 19.8 Å². The van der Waals surface area contributed by atoms with Gasteiger partial charge >= 0.3 is 0 Å². The molecular formula is C8H15ClN2O. The van der Waals surface area contributed by atoms with Crippen molar-refractivity contribution in [3.63, 3.8) is 0 Å². The number of nitrogens with two attached hydrogens (primary N) is 1. The Morgan fingerprint density at radius 1 is 1.75 bits per heavy atom. The Morgan fingerprint density at radius 2 is 2.42 bits per heavy atom. The standard InChI is InChI=1S/C8H15ClN2O/c1-6(9)8(12)11-4-2-3-7(10)5-11/h6-7H,2-5,10H2,1H3/t6?,7-/m1/s1. The molecule has 0 bridgehead atoms. The average Bonchev–Trinajstić information content (AvgIpc) is 2.03. The summed E-state index contributed by atoms with van der Waals surface area (Å²) in [5.41, 5.74) is 5.73. The molecule has 1 fully saturated rings. The largest absolute Gasteiger partial charge is 0.340 e. The van der Waals surface area contributed by atoms with Gasteiger partial charge < -0.3 is 10.6 Å². The summed E-state index contributed by atoms with van der Waals surface area (Å²) in [7, 11) is 0. The van der Waals surface area contributed by atoms with Crippen LogP contribution in [0.5, 0.6) is 0 Å². The highest BCUT2D eigenvalue weighted by Crippen LogP contribution is 2.11. The van der Waals surface area contributed by atoms with Gasteiger partial charge in [0.1, 0.15) is 5.38 Å². The van der Waals surface area contributed by atoms with E-state index in [4.69, 9.17) is 17.3 Å². The minimum Gasteiger partial charge on any atom is -0.340 e. The number of hydrogen-bond acceptors (Lipinski definition) is 2. The first kappa shape index (κ1) is 9.81. The summed E-state index contributed by atoms with van der Waals surface area (Å²) in [6.45, 7) is 3.17. The van der Waals surface area contributed by atoms with E-state index in [-0.39, 0.29) is 11.9 Å². The zero-order valence-corrected chi connectivity index (χ0v) is 8.05. The molecule has 1 aliphatic rings. The highest BCUT2D eigenvalue weighted by molar-refractivity contribution is 6.30. The monoisotopic (exact) mass is 190 g/mol. The van der Waals surface area contributed by atoms with E-state index in [2.05, 4.69) is 0 Å². The first-order chi connectivity index (χ1) is 5.61. The number of alkyl halides is 1. The fourth-order valence-electron chi connectivity index (χ4n) is 1.46. The maximum atomic E-state index is 11.4. The summed E-state index contributed by atoms with van der Waals surface area (Å²) in [6.07, 6.45) is 2.01. The molecule has 0 saturated carbocycles. The van der Waals surface area contributed by atoms with Crippen LogP contribution in [0.15, 0.2) is 0 Å². The van der Waals surface area contributed by atoms with Gasteiger partial charge in [0.2, 0.25) is 5.91 Å². The minimum absolute atomic E-state index is 0.00631. The van der Waals surface area contributed by atoms with Gasteiger partial charge in [-0.15, -0.1) is 11.6 Å². The van der Waals surface area contributed by atoms with Crippen molar-refractivity contribution in [2.45, 2.75) is 31.2 Å². The molecule has 0 aromatic heterocycles. The van der Waals surface area contributed by atoms with Crippen molar-refractivity contribution < 1.29 is 4.79 Å². The molecule has 1 amide bonds. The van der Waals surface area contributed by atoms with Gasteiger partial charge in [-0.1, -0.05) is 0 Å². The Morgan fingerprint density at radius 3 is 2.92 bits per heavy atom. The molecule has 1 aliphatic heterocycles. The van der Waals surface area contributed by atoms with Crippen LogP contribution < -0.4 is 5.73 Å². The van der Waals surface area contributed by atoms with Gasteiger partial charge in [-0.2, -0.15) is 0 Å². The summed E-state index contributed by atoms with van der Waals surface area (Å²) in [5.74, 6) is 0.00631. The topological polar surface area (TPSA) is 46.3 Å². The van der Waals surface area contributed by atoms with Crippen LogP contribution in [0.25, 0.3) is 0 Å². The molecule has 2 N–H and O–H groups in total. The molecule has 1 saturated heterocycles. The van der Waals surface area contributed by atoms with E-state index in [0.717, 1.165) is 19.4 Å². The SMILES string of the molecule is CC(Cl)C(=O)N1CCC[C@@H](N)C1. The average molecular weight is 191 g/mol. The molecule has 1 heterocycles. The van der Waals surface area contributed by atoms with E-state index in [1.54, 1.807) is 11.8 Å². The molecule has 70 valence electrons. The molecule has 1 unspecified atom stereocenters. The van der Waals surface area contributed by atoms with Crippen LogP contribution in [0.1, 0.15) is 19.8 Å². The van der Waals surface area contributed by atoms with Gasteiger partial charge in [0.05, 0.1) is 0 Å². The van der Waals surface area contributed by atoms with Crippen LogP contribution in [0.2, 0.25) is 0 Å². The maximum Gasteiger partial charge on any atom is 0.240 e. The van der Waals surface area contributed by atoms with E-state index >= 15 is 0 Å². The highest BCUT2D eigenvalue weighted by Gasteiger charge is 2.23. The minimum atomic E-state index is -0.421. The lowest BCUT2D eigenvalue weighted by molar-refractivity contribution is -0.131. The highest BCUT2D eigenvalue weighted by atomic mass is 35.5. The van der Waals surface area contributed by atoms with Gasteiger partial charge in [-0.25, -0.2) is 0 Å². The van der Waals surface area contributed by atoms with Gasteiger partial charge in [-0.3, -0.25) is 4.79 Å². The summed E-state index contributed by atoms with van der Waals surface area (Å²) in [4.78, 5) is 13.1. The van der Waals surface area contributed by atoms with Crippen LogP contribution in [-0.4, -0.2) is 35.3 Å². The van der Waals surface area contributed by atoms with Crippen LogP contribution in [-0.2, 0) is 4.79 Å². The van der Waals surface area contributed by atoms with E-state index < -0.39 is 5.38 Å². The molecule has 1 rings (SSSR count). The molecule has 0 aromatic rings. The van der Waals surface area contributed by atoms with E-state index in [1.807, 2.05) is 0 Å². The summed E-state index contributed by atoms with van der Waals surface area (Å²) >= 11 is 5.68. The number of halogens is 1. The Bertz CT molecular complexity index is 172. The predicted octanol–water partition coefficient (Wildman–Crippen LogP) is 0.563. The lowest BCUT2D eigenvalue weighted by atomic mass is 10.1. The van der Waals surface area contributed by atoms with E-state index in [0.29, 0.717) is 6.54 Å². The molecule has 0 radical (unpaired) electrons. The summed E-state index contributed by atoms with van der Waals surface area (Å²) in [6, 6.07) is 0.137. The number of rotatable bonds is 1. The Balaban J connectivity index is 2.46. The number of nitrogens with zero attached hydrogens (tertiary/aromatic N) is 1. The quantitative estimate of drug-likeness (QED) is 0.615. The summed E-state index contributed by atoms with van der Waals surface area (Å²) < 4.78 is 0. The Hall–Kier alpha value is -0.280. The number of piperidine rings is 1. The first-order valence-corrected chi connectivity index (χ1v) is 4.73. The third-order valence-electron chi connectivity index (χ3n) is 2.11. The van der Waals surface area contributed by atoms with Crippen molar-refractivity contribution in [1.29, 1.82) is 0 Å². The van der Waals surface area contributed by atoms with Crippen molar-refractivity contribution in [3.8, 4) is 0 Å². The van der Waals surface area contributed by atoms with Crippen LogP contribution in [0.4, 0.5) is 0 Å². The molecule has 2 atom stereocenters. The zero-order chi connectivity index (χ0) is 9.14. The lowest BCUT2D eigenvalue weighted by Gasteiger charge is -2.31. The van der Waals surface area contributed by atoms with Crippen molar-refractivity contribution in [2.75, 3.05) is 13.1 Å². The van der Waals surface area contributed by atoms with Crippen molar-refractivity contribution in [2.24, 2.45) is 5.73 Å². The number of hydrogen-bond donors (Lipinski definition) is 1. The molecule has 0 aromatic carbocycles. The number of amides is 1. The summed E-state index contributed by atoms with van der Waals surface area (Å²) in [5, 5.41) is -0.421. The first-order valence-electron chi connectivity index (χ1n) is 4.29. The number of carbonyl (C=O) groups excluding carboxylic acids is 1. The van der Waals surface area contributed by atoms with Crippen LogP contribution in [0.3, 0.4) is 0 Å². The smallest absolute Gasteiger partial charge is 0.240 e. The Labute approximate surface area is 77.9 Å². The van der Waals surface area contributed by atoms with Gasteiger partial charge in [0.25, 0.3) is 0 Å². The second-order valence-corrected chi connectivity index (χ2v) is 3.96. The second-order valence-electron chi connectivity index (χ2n) is 3.30. The van der Waals surface area contributed by atoms with E-state index in [1.165, 1.54) is 0 Å². The fourth-order valence-corrected chi connectivity index (χ4v) is 1.60. The number of likely N-dealkylation sites (tertiary alicyclic amines) is 1. The lowest BCUT2D eigenvalue weighted by Crippen LogP contribution is -2.47. The molecule has 0 spiro atoms. The molecule has 3 nitrogen and oxygen atoms in total. The molecule has 12 heavy (non-hydrogen) atoms. The Kier molecular flexibility index (Phi) is 3.35. The second kappa shape index (κ2) is 4.10. The van der Waals surface area contributed by atoms with Crippen LogP contribution >= 0.6 is 11.6 Å². The van der Waals surface area contributed by atoms with Gasteiger partial charge in [0.15, 0.2) is 0 Å². The van der Waals surface area contributed by atoms with Crippen molar-refractivity contribution in [1.82, 2.24) is 4.90 Å².